The molecule has 2 fully saturated rings. The van der Waals surface area contributed by atoms with Crippen LogP contribution in [-0.4, -0.2) is 30.1 Å². The SMILES string of the molecule is COc1ccc(CN2C(=O)[C@H]3CC[C@@H]2[C@@H]3F)cc1. The van der Waals surface area contributed by atoms with E-state index in [2.05, 4.69) is 0 Å². The summed E-state index contributed by atoms with van der Waals surface area (Å²) in [6.45, 7) is 0.504. The highest BCUT2D eigenvalue weighted by molar-refractivity contribution is 5.83. The van der Waals surface area contributed by atoms with E-state index < -0.39 is 6.17 Å². The largest absolute Gasteiger partial charge is 0.497 e. The fraction of sp³-hybridized carbons (Fsp3) is 0.500. The molecule has 0 aromatic heterocycles. The summed E-state index contributed by atoms with van der Waals surface area (Å²) in [6.07, 6.45) is 0.549. The molecule has 2 bridgehead atoms. The van der Waals surface area contributed by atoms with E-state index >= 15 is 0 Å². The van der Waals surface area contributed by atoms with Crippen molar-refractivity contribution in [3.8, 4) is 5.75 Å². The third-order valence-electron chi connectivity index (χ3n) is 4.04. The van der Waals surface area contributed by atoms with Crippen molar-refractivity contribution in [3.05, 3.63) is 29.8 Å². The molecule has 1 saturated carbocycles. The number of hydrogen-bond acceptors (Lipinski definition) is 2. The summed E-state index contributed by atoms with van der Waals surface area (Å²) in [4.78, 5) is 13.7. The minimum absolute atomic E-state index is 0.0189. The van der Waals surface area contributed by atoms with Crippen LogP contribution in [0.15, 0.2) is 24.3 Å². The highest BCUT2D eigenvalue weighted by Crippen LogP contribution is 2.41. The molecule has 4 heteroatoms. The van der Waals surface area contributed by atoms with Gasteiger partial charge in [-0.3, -0.25) is 4.79 Å². The summed E-state index contributed by atoms with van der Waals surface area (Å²) >= 11 is 0. The average molecular weight is 249 g/mol. The highest BCUT2D eigenvalue weighted by Gasteiger charge is 2.53. The third-order valence-corrected chi connectivity index (χ3v) is 4.04. The Morgan fingerprint density at radius 1 is 1.33 bits per heavy atom. The van der Waals surface area contributed by atoms with Crippen LogP contribution in [-0.2, 0) is 11.3 Å². The second kappa shape index (κ2) is 4.26. The van der Waals surface area contributed by atoms with Gasteiger partial charge in [0, 0.05) is 6.54 Å². The van der Waals surface area contributed by atoms with E-state index in [4.69, 9.17) is 4.74 Å². The van der Waals surface area contributed by atoms with Gasteiger partial charge in [0.15, 0.2) is 0 Å². The van der Waals surface area contributed by atoms with E-state index in [9.17, 15) is 9.18 Å². The lowest BCUT2D eigenvalue weighted by atomic mass is 10.1. The van der Waals surface area contributed by atoms with E-state index in [0.29, 0.717) is 13.0 Å². The highest BCUT2D eigenvalue weighted by atomic mass is 19.1. The molecule has 1 aromatic rings. The van der Waals surface area contributed by atoms with Gasteiger partial charge in [-0.15, -0.1) is 0 Å². The number of alkyl halides is 1. The van der Waals surface area contributed by atoms with Crippen molar-refractivity contribution in [2.45, 2.75) is 31.6 Å². The molecule has 0 N–H and O–H groups in total. The van der Waals surface area contributed by atoms with Crippen molar-refractivity contribution < 1.29 is 13.9 Å². The molecule has 1 heterocycles. The standard InChI is InChI=1S/C14H16FNO2/c1-18-10-4-2-9(3-5-10)8-16-12-7-6-11(13(12)15)14(16)17/h2-5,11-13H,6-8H2,1H3/t11-,12+,13+/m0/s1. The third kappa shape index (κ3) is 1.67. The van der Waals surface area contributed by atoms with Gasteiger partial charge in [-0.2, -0.15) is 0 Å². The van der Waals surface area contributed by atoms with Crippen LogP contribution >= 0.6 is 0 Å². The summed E-state index contributed by atoms with van der Waals surface area (Å²) in [5, 5.41) is 0. The fourth-order valence-corrected chi connectivity index (χ4v) is 3.02. The number of ether oxygens (including phenoxy) is 1. The van der Waals surface area contributed by atoms with Crippen LogP contribution in [0.3, 0.4) is 0 Å². The van der Waals surface area contributed by atoms with E-state index in [1.165, 1.54) is 0 Å². The molecule has 0 unspecified atom stereocenters. The Morgan fingerprint density at radius 2 is 2.06 bits per heavy atom. The van der Waals surface area contributed by atoms with E-state index in [-0.39, 0.29) is 17.9 Å². The molecular formula is C14H16FNO2. The van der Waals surface area contributed by atoms with E-state index in [1.807, 2.05) is 24.3 Å². The average Bonchev–Trinajstić information content (AvgIpc) is 2.86. The fourth-order valence-electron chi connectivity index (χ4n) is 3.02. The summed E-state index contributed by atoms with van der Waals surface area (Å²) in [5.74, 6) is 0.388. The van der Waals surface area contributed by atoms with Gasteiger partial charge < -0.3 is 9.64 Å². The zero-order valence-electron chi connectivity index (χ0n) is 10.3. The van der Waals surface area contributed by atoms with Gasteiger partial charge in [0.1, 0.15) is 11.9 Å². The number of halogens is 1. The predicted octanol–water partition coefficient (Wildman–Crippen LogP) is 2.15. The summed E-state index contributed by atoms with van der Waals surface area (Å²) in [5.41, 5.74) is 1.02. The van der Waals surface area contributed by atoms with Gasteiger partial charge in [0.05, 0.1) is 19.1 Å². The Bertz CT molecular complexity index is 459. The van der Waals surface area contributed by atoms with Crippen LogP contribution in [0.25, 0.3) is 0 Å². The Morgan fingerprint density at radius 3 is 2.61 bits per heavy atom. The maximum atomic E-state index is 13.8. The number of carbonyl (C=O) groups is 1. The second-order valence-corrected chi connectivity index (χ2v) is 5.01. The number of methoxy groups -OCH3 is 1. The maximum Gasteiger partial charge on any atom is 0.229 e. The molecule has 0 spiro atoms. The summed E-state index contributed by atoms with van der Waals surface area (Å²) in [7, 11) is 1.62. The number of benzene rings is 1. The van der Waals surface area contributed by atoms with Gasteiger partial charge in [0.25, 0.3) is 0 Å². The van der Waals surface area contributed by atoms with E-state index in [0.717, 1.165) is 17.7 Å². The Balaban J connectivity index is 1.75. The van der Waals surface area contributed by atoms with Crippen molar-refractivity contribution in [1.29, 1.82) is 0 Å². The van der Waals surface area contributed by atoms with Crippen molar-refractivity contribution in [3.63, 3.8) is 0 Å². The first-order valence-electron chi connectivity index (χ1n) is 6.28. The molecule has 1 saturated heterocycles. The van der Waals surface area contributed by atoms with Crippen molar-refractivity contribution in [2.24, 2.45) is 5.92 Å². The topological polar surface area (TPSA) is 29.5 Å². The second-order valence-electron chi connectivity index (χ2n) is 5.01. The number of nitrogens with zero attached hydrogens (tertiary/aromatic N) is 1. The van der Waals surface area contributed by atoms with Gasteiger partial charge in [-0.25, -0.2) is 4.39 Å². The smallest absolute Gasteiger partial charge is 0.229 e. The number of amides is 1. The van der Waals surface area contributed by atoms with Crippen LogP contribution in [0.4, 0.5) is 4.39 Å². The van der Waals surface area contributed by atoms with E-state index in [1.54, 1.807) is 12.0 Å². The van der Waals surface area contributed by atoms with Crippen LogP contribution in [0.1, 0.15) is 18.4 Å². The monoisotopic (exact) mass is 249 g/mol. The lowest BCUT2D eigenvalue weighted by molar-refractivity contribution is -0.134. The van der Waals surface area contributed by atoms with Crippen LogP contribution in [0, 0.1) is 5.92 Å². The lowest BCUT2D eigenvalue weighted by Gasteiger charge is -2.26. The first kappa shape index (κ1) is 11.5. The Labute approximate surface area is 106 Å². The van der Waals surface area contributed by atoms with Crippen molar-refractivity contribution >= 4 is 5.91 Å². The summed E-state index contributed by atoms with van der Waals surface area (Å²) < 4.78 is 18.9. The number of fused-ring (bicyclic) bond motifs is 2. The molecule has 0 radical (unpaired) electrons. The van der Waals surface area contributed by atoms with Gasteiger partial charge in [0.2, 0.25) is 5.91 Å². The first-order chi connectivity index (χ1) is 8.70. The van der Waals surface area contributed by atoms with Crippen molar-refractivity contribution in [2.75, 3.05) is 7.11 Å². The molecule has 18 heavy (non-hydrogen) atoms. The van der Waals surface area contributed by atoms with Crippen LogP contribution in [0.2, 0.25) is 0 Å². The van der Waals surface area contributed by atoms with Crippen LogP contribution < -0.4 is 4.74 Å². The van der Waals surface area contributed by atoms with Gasteiger partial charge in [-0.05, 0) is 30.5 Å². The molecule has 1 amide bonds. The molecule has 3 nitrogen and oxygen atoms in total. The van der Waals surface area contributed by atoms with Gasteiger partial charge in [-0.1, -0.05) is 12.1 Å². The zero-order chi connectivity index (χ0) is 12.7. The quantitative estimate of drug-likeness (QED) is 0.821. The Hall–Kier alpha value is -1.58. The number of piperidine rings is 1. The molecule has 2 aliphatic rings. The predicted molar refractivity (Wildman–Crippen MR) is 65.0 cm³/mol. The van der Waals surface area contributed by atoms with Crippen molar-refractivity contribution in [1.82, 2.24) is 4.90 Å². The summed E-state index contributed by atoms with van der Waals surface area (Å²) in [6, 6.07) is 7.36. The molecule has 1 aliphatic carbocycles. The molecule has 1 aliphatic heterocycles. The molecule has 3 atom stereocenters. The zero-order valence-corrected chi connectivity index (χ0v) is 10.3. The van der Waals surface area contributed by atoms with Gasteiger partial charge >= 0.3 is 0 Å². The molecule has 96 valence electrons. The number of carbonyl (C=O) groups excluding carboxylic acids is 1. The number of rotatable bonds is 3. The normalized spacial score (nSPS) is 30.0. The minimum atomic E-state index is -0.962. The Kier molecular flexibility index (Phi) is 2.73. The molecule has 3 rings (SSSR count). The lowest BCUT2D eigenvalue weighted by Crippen LogP contribution is -2.36. The minimum Gasteiger partial charge on any atom is -0.497 e. The number of likely N-dealkylation sites (tertiary alicyclic amines) is 1. The first-order valence-corrected chi connectivity index (χ1v) is 6.28. The maximum absolute atomic E-state index is 13.8. The molecular weight excluding hydrogens is 233 g/mol. The number of hydrogen-bond donors (Lipinski definition) is 0. The van der Waals surface area contributed by atoms with Crippen LogP contribution in [0.5, 0.6) is 5.75 Å². The molecule has 1 aromatic carbocycles.